The molecule has 2 heterocycles. The molecule has 0 aliphatic rings. The van der Waals surface area contributed by atoms with Crippen LogP contribution in [0.2, 0.25) is 0 Å². The van der Waals surface area contributed by atoms with E-state index in [4.69, 9.17) is 0 Å². The Morgan fingerprint density at radius 3 is 2.09 bits per heavy atom. The number of hydrogen-bond acceptors (Lipinski definition) is 1. The van der Waals surface area contributed by atoms with Gasteiger partial charge in [0, 0.05) is 21.5 Å². The Labute approximate surface area is 126 Å². The average Bonchev–Trinajstić information content (AvgIpc) is 2.88. The van der Waals surface area contributed by atoms with E-state index in [2.05, 4.69) is 25.1 Å². The summed E-state index contributed by atoms with van der Waals surface area (Å²) in [4.78, 5) is 13.0. The van der Waals surface area contributed by atoms with E-state index in [1.165, 1.54) is 5.56 Å². The van der Waals surface area contributed by atoms with Gasteiger partial charge < -0.3 is 0 Å². The summed E-state index contributed by atoms with van der Waals surface area (Å²) in [6.45, 7) is 2.11. The van der Waals surface area contributed by atoms with Crippen LogP contribution >= 0.6 is 0 Å². The summed E-state index contributed by atoms with van der Waals surface area (Å²) < 4.78 is 1.88. The van der Waals surface area contributed by atoms with Crippen molar-refractivity contribution in [3.8, 4) is 0 Å². The molecule has 0 saturated carbocycles. The second kappa shape index (κ2) is 3.86. The number of fused-ring (bicyclic) bond motifs is 5. The maximum Gasteiger partial charge on any atom is 0.263 e. The number of benzene rings is 3. The van der Waals surface area contributed by atoms with E-state index >= 15 is 0 Å². The molecule has 0 bridgehead atoms. The third-order valence-corrected chi connectivity index (χ3v) is 4.56. The molecule has 2 nitrogen and oxygen atoms in total. The van der Waals surface area contributed by atoms with Crippen molar-refractivity contribution < 1.29 is 0 Å². The maximum absolute atomic E-state index is 13.0. The first-order valence-corrected chi connectivity index (χ1v) is 7.43. The fourth-order valence-corrected chi connectivity index (χ4v) is 3.68. The lowest BCUT2D eigenvalue weighted by atomic mass is 10.0. The highest BCUT2D eigenvalue weighted by Crippen LogP contribution is 2.34. The number of aryl methyl sites for hydroxylation is 1. The van der Waals surface area contributed by atoms with Crippen molar-refractivity contribution in [2.24, 2.45) is 0 Å². The summed E-state index contributed by atoms with van der Waals surface area (Å²) in [7, 11) is 0. The zero-order chi connectivity index (χ0) is 14.8. The monoisotopic (exact) mass is 283 g/mol. The molecule has 0 atom stereocenters. The van der Waals surface area contributed by atoms with E-state index in [-0.39, 0.29) is 5.56 Å². The molecule has 2 heteroatoms. The topological polar surface area (TPSA) is 21.5 Å². The molecule has 104 valence electrons. The highest BCUT2D eigenvalue weighted by molar-refractivity contribution is 6.20. The van der Waals surface area contributed by atoms with Gasteiger partial charge in [-0.05, 0) is 42.1 Å². The van der Waals surface area contributed by atoms with Crippen molar-refractivity contribution in [2.45, 2.75) is 6.92 Å². The van der Waals surface area contributed by atoms with Crippen molar-refractivity contribution in [1.82, 2.24) is 4.40 Å². The van der Waals surface area contributed by atoms with Crippen LogP contribution in [0.5, 0.6) is 0 Å². The lowest BCUT2D eigenvalue weighted by Crippen LogP contribution is -2.12. The first-order valence-electron chi connectivity index (χ1n) is 7.43. The van der Waals surface area contributed by atoms with Crippen molar-refractivity contribution in [1.29, 1.82) is 0 Å². The van der Waals surface area contributed by atoms with Crippen LogP contribution in [0.4, 0.5) is 0 Å². The summed E-state index contributed by atoms with van der Waals surface area (Å²) in [5.74, 6) is 0. The highest BCUT2D eigenvalue weighted by Gasteiger charge is 2.16. The van der Waals surface area contributed by atoms with E-state index in [9.17, 15) is 4.79 Å². The molecule has 0 saturated heterocycles. The van der Waals surface area contributed by atoms with Gasteiger partial charge in [0.2, 0.25) is 0 Å². The van der Waals surface area contributed by atoms with Crippen LogP contribution in [0, 0.1) is 6.92 Å². The molecule has 5 aromatic rings. The fraction of sp³-hybridized carbons (Fsp3) is 0.0500. The lowest BCUT2D eigenvalue weighted by Gasteiger charge is -2.07. The molecule has 0 N–H and O–H groups in total. The van der Waals surface area contributed by atoms with Gasteiger partial charge in [-0.3, -0.25) is 9.20 Å². The summed E-state index contributed by atoms with van der Waals surface area (Å²) >= 11 is 0. The molecular formula is C20H13NO. The van der Waals surface area contributed by atoms with Crippen molar-refractivity contribution in [3.63, 3.8) is 0 Å². The van der Waals surface area contributed by atoms with Crippen LogP contribution in [0.25, 0.3) is 38.0 Å². The quantitative estimate of drug-likeness (QED) is 0.383. The van der Waals surface area contributed by atoms with Gasteiger partial charge in [-0.15, -0.1) is 0 Å². The molecule has 0 amide bonds. The molecule has 2 aromatic heterocycles. The highest BCUT2D eigenvalue weighted by atomic mass is 16.1. The minimum absolute atomic E-state index is 0.0677. The number of rotatable bonds is 0. The standard InChI is InChI=1S/C20H13NO/c1-12-10-16-13-6-2-3-8-15(13)20(22)21-18-9-5-4-7-14(18)17(11-12)19(16)21/h2-11H,1H3. The van der Waals surface area contributed by atoms with Gasteiger partial charge in [0.05, 0.1) is 11.0 Å². The van der Waals surface area contributed by atoms with Gasteiger partial charge in [0.25, 0.3) is 5.56 Å². The molecule has 22 heavy (non-hydrogen) atoms. The largest absolute Gasteiger partial charge is 0.275 e. The van der Waals surface area contributed by atoms with Crippen LogP contribution in [0.3, 0.4) is 0 Å². The van der Waals surface area contributed by atoms with Gasteiger partial charge in [0.1, 0.15) is 0 Å². The maximum atomic E-state index is 13.0. The van der Waals surface area contributed by atoms with E-state index in [1.54, 1.807) is 0 Å². The minimum atomic E-state index is 0.0677. The molecule has 5 rings (SSSR count). The fourth-order valence-electron chi connectivity index (χ4n) is 3.68. The zero-order valence-corrected chi connectivity index (χ0v) is 12.1. The molecule has 0 radical (unpaired) electrons. The Hall–Kier alpha value is -2.87. The zero-order valence-electron chi connectivity index (χ0n) is 12.1. The number of para-hydroxylation sites is 1. The van der Waals surface area contributed by atoms with Gasteiger partial charge >= 0.3 is 0 Å². The predicted molar refractivity (Wildman–Crippen MR) is 92.1 cm³/mol. The molecule has 0 unspecified atom stereocenters. The minimum Gasteiger partial charge on any atom is -0.275 e. The molecule has 0 spiro atoms. The van der Waals surface area contributed by atoms with E-state index in [0.717, 1.165) is 38.0 Å². The second-order valence-corrected chi connectivity index (χ2v) is 5.91. The normalized spacial score (nSPS) is 12.0. The predicted octanol–water partition coefficient (Wildman–Crippen LogP) is 4.51. The first-order chi connectivity index (χ1) is 10.8. The summed E-state index contributed by atoms with van der Waals surface area (Å²) in [6, 6.07) is 20.4. The Morgan fingerprint density at radius 1 is 0.727 bits per heavy atom. The summed E-state index contributed by atoms with van der Waals surface area (Å²) in [5.41, 5.74) is 3.31. The third-order valence-electron chi connectivity index (χ3n) is 4.56. The number of nitrogens with zero attached hydrogens (tertiary/aromatic N) is 1. The Bertz CT molecular complexity index is 1250. The van der Waals surface area contributed by atoms with Crippen LogP contribution < -0.4 is 5.56 Å². The van der Waals surface area contributed by atoms with Crippen LogP contribution in [-0.4, -0.2) is 4.40 Å². The molecule has 0 fully saturated rings. The Morgan fingerprint density at radius 2 is 1.32 bits per heavy atom. The summed E-state index contributed by atoms with van der Waals surface area (Å²) in [5, 5.41) is 5.28. The number of pyridine rings is 1. The first kappa shape index (κ1) is 11.8. The van der Waals surface area contributed by atoms with Gasteiger partial charge in [-0.2, -0.15) is 0 Å². The van der Waals surface area contributed by atoms with Crippen molar-refractivity contribution in [3.05, 3.63) is 76.6 Å². The van der Waals surface area contributed by atoms with Crippen LogP contribution in [-0.2, 0) is 0 Å². The van der Waals surface area contributed by atoms with Gasteiger partial charge in [-0.1, -0.05) is 36.4 Å². The van der Waals surface area contributed by atoms with E-state index in [0.29, 0.717) is 0 Å². The van der Waals surface area contributed by atoms with Crippen LogP contribution in [0.1, 0.15) is 5.56 Å². The molecule has 0 aliphatic heterocycles. The van der Waals surface area contributed by atoms with E-state index < -0.39 is 0 Å². The molecule has 3 aromatic carbocycles. The Balaban J connectivity index is 2.32. The van der Waals surface area contributed by atoms with Gasteiger partial charge in [-0.25, -0.2) is 0 Å². The number of aromatic nitrogens is 1. The lowest BCUT2D eigenvalue weighted by molar-refractivity contribution is 1.21. The SMILES string of the molecule is Cc1cc2c3ccccc3c(=O)n3c4ccccc4c(c1)c23. The van der Waals surface area contributed by atoms with Crippen molar-refractivity contribution >= 4 is 38.0 Å². The molecule has 0 aliphatic carbocycles. The van der Waals surface area contributed by atoms with Gasteiger partial charge in [0.15, 0.2) is 0 Å². The van der Waals surface area contributed by atoms with Crippen LogP contribution in [0.15, 0.2) is 65.5 Å². The third kappa shape index (κ3) is 1.27. The number of hydrogen-bond donors (Lipinski definition) is 0. The second-order valence-electron chi connectivity index (χ2n) is 5.91. The van der Waals surface area contributed by atoms with E-state index in [1.807, 2.05) is 46.9 Å². The summed E-state index contributed by atoms with van der Waals surface area (Å²) in [6.07, 6.45) is 0. The average molecular weight is 283 g/mol. The molecular weight excluding hydrogens is 270 g/mol. The van der Waals surface area contributed by atoms with Crippen molar-refractivity contribution in [2.75, 3.05) is 0 Å². The smallest absolute Gasteiger partial charge is 0.263 e. The Kier molecular flexibility index (Phi) is 2.06.